The number of aromatic nitrogens is 3. The van der Waals surface area contributed by atoms with Crippen molar-refractivity contribution in [2.45, 2.75) is 52.5 Å². The second-order valence-corrected chi connectivity index (χ2v) is 5.64. The van der Waals surface area contributed by atoms with E-state index >= 15 is 0 Å². The van der Waals surface area contributed by atoms with E-state index in [0.717, 1.165) is 41.8 Å². The Hall–Kier alpha value is -2.17. The first-order valence-corrected chi connectivity index (χ1v) is 7.81. The number of nitrogens with one attached hydrogen (secondary N) is 2. The molecule has 0 aliphatic rings. The Morgan fingerprint density at radius 1 is 1.41 bits per heavy atom. The molecule has 0 bridgehead atoms. The van der Waals surface area contributed by atoms with Gasteiger partial charge in [0.2, 0.25) is 5.91 Å². The van der Waals surface area contributed by atoms with E-state index in [1.807, 2.05) is 32.2 Å². The molecule has 2 N–H and O–H groups in total. The van der Waals surface area contributed by atoms with Crippen molar-refractivity contribution in [2.24, 2.45) is 0 Å². The number of hydrogen-bond acceptors (Lipinski definition) is 3. The van der Waals surface area contributed by atoms with E-state index < -0.39 is 0 Å². The van der Waals surface area contributed by atoms with Gasteiger partial charge in [-0.05, 0) is 31.9 Å². The Bertz CT molecular complexity index is 587. The summed E-state index contributed by atoms with van der Waals surface area (Å²) in [6.45, 7) is 6.01. The molecule has 0 aromatic carbocycles. The fraction of sp³-hybridized carbons (Fsp3) is 0.471. The number of nitrogens with zero attached hydrogens (tertiary/aromatic N) is 2. The van der Waals surface area contributed by atoms with Gasteiger partial charge in [0, 0.05) is 23.7 Å². The Morgan fingerprint density at radius 3 is 2.82 bits per heavy atom. The molecule has 2 rings (SSSR count). The summed E-state index contributed by atoms with van der Waals surface area (Å²) in [7, 11) is 0. The molecule has 0 aliphatic heterocycles. The van der Waals surface area contributed by atoms with E-state index in [2.05, 4.69) is 27.4 Å². The van der Waals surface area contributed by atoms with Crippen molar-refractivity contribution in [2.75, 3.05) is 0 Å². The molecular weight excluding hydrogens is 276 g/mol. The summed E-state index contributed by atoms with van der Waals surface area (Å²) in [6, 6.07) is 3.95. The molecule has 2 aromatic heterocycles. The lowest BCUT2D eigenvalue weighted by atomic mass is 10.0. The standard InChI is InChI=1S/C17H24N4O/c1-4-5-8-16(14-7-6-9-18-11-14)19-17(22)10-15-12(2)20-21-13(15)3/h6-7,9,11,16H,4-5,8,10H2,1-3H3,(H,19,22)(H,20,21). The highest BCUT2D eigenvalue weighted by atomic mass is 16.1. The van der Waals surface area contributed by atoms with Crippen molar-refractivity contribution in [3.05, 3.63) is 47.0 Å². The normalized spacial score (nSPS) is 12.1. The summed E-state index contributed by atoms with van der Waals surface area (Å²) in [6.07, 6.45) is 7.04. The van der Waals surface area contributed by atoms with Crippen LogP contribution in [0.25, 0.3) is 0 Å². The van der Waals surface area contributed by atoms with Gasteiger partial charge in [0.15, 0.2) is 0 Å². The Balaban J connectivity index is 2.05. The molecule has 2 heterocycles. The zero-order chi connectivity index (χ0) is 15.9. The molecule has 1 atom stereocenters. The van der Waals surface area contributed by atoms with Gasteiger partial charge in [-0.1, -0.05) is 25.8 Å². The molecule has 5 nitrogen and oxygen atoms in total. The van der Waals surface area contributed by atoms with Gasteiger partial charge in [0.05, 0.1) is 18.2 Å². The van der Waals surface area contributed by atoms with E-state index in [1.54, 1.807) is 6.20 Å². The zero-order valence-corrected chi connectivity index (χ0v) is 13.5. The number of aromatic amines is 1. The van der Waals surface area contributed by atoms with Crippen LogP contribution < -0.4 is 5.32 Å². The molecule has 0 spiro atoms. The molecule has 1 unspecified atom stereocenters. The molecule has 0 fully saturated rings. The van der Waals surface area contributed by atoms with Gasteiger partial charge in [-0.3, -0.25) is 14.9 Å². The van der Waals surface area contributed by atoms with Crippen LogP contribution >= 0.6 is 0 Å². The van der Waals surface area contributed by atoms with Crippen molar-refractivity contribution in [1.82, 2.24) is 20.5 Å². The number of H-pyrrole nitrogens is 1. The third-order valence-electron chi connectivity index (χ3n) is 3.89. The van der Waals surface area contributed by atoms with Crippen LogP contribution in [0.1, 0.15) is 54.7 Å². The van der Waals surface area contributed by atoms with Crippen LogP contribution in [0, 0.1) is 13.8 Å². The average molecular weight is 300 g/mol. The number of amides is 1. The van der Waals surface area contributed by atoms with Crippen molar-refractivity contribution < 1.29 is 4.79 Å². The van der Waals surface area contributed by atoms with Gasteiger partial charge in [-0.25, -0.2) is 0 Å². The van der Waals surface area contributed by atoms with Crippen molar-refractivity contribution in [3.63, 3.8) is 0 Å². The minimum absolute atomic E-state index is 0.0219. The Morgan fingerprint density at radius 2 is 2.23 bits per heavy atom. The second-order valence-electron chi connectivity index (χ2n) is 5.64. The summed E-state index contributed by atoms with van der Waals surface area (Å²) < 4.78 is 0. The summed E-state index contributed by atoms with van der Waals surface area (Å²) >= 11 is 0. The van der Waals surface area contributed by atoms with Crippen LogP contribution in [-0.4, -0.2) is 21.1 Å². The van der Waals surface area contributed by atoms with Crippen LogP contribution in [-0.2, 0) is 11.2 Å². The molecule has 0 saturated carbocycles. The van der Waals surface area contributed by atoms with Crippen molar-refractivity contribution in [3.8, 4) is 0 Å². The van der Waals surface area contributed by atoms with Crippen LogP contribution in [0.15, 0.2) is 24.5 Å². The quantitative estimate of drug-likeness (QED) is 0.825. The monoisotopic (exact) mass is 300 g/mol. The lowest BCUT2D eigenvalue weighted by Crippen LogP contribution is -2.30. The predicted octanol–water partition coefficient (Wildman–Crippen LogP) is 3.01. The maximum Gasteiger partial charge on any atom is 0.225 e. The number of rotatable bonds is 7. The highest BCUT2D eigenvalue weighted by molar-refractivity contribution is 5.79. The van der Waals surface area contributed by atoms with Crippen LogP contribution in [0.5, 0.6) is 0 Å². The molecule has 2 aromatic rings. The van der Waals surface area contributed by atoms with Crippen molar-refractivity contribution in [1.29, 1.82) is 0 Å². The number of aryl methyl sites for hydroxylation is 2. The topological polar surface area (TPSA) is 70.7 Å². The summed E-state index contributed by atoms with van der Waals surface area (Å²) in [5, 5.41) is 10.2. The highest BCUT2D eigenvalue weighted by Gasteiger charge is 2.17. The van der Waals surface area contributed by atoms with Crippen LogP contribution in [0.4, 0.5) is 0 Å². The number of carbonyl (C=O) groups is 1. The van der Waals surface area contributed by atoms with E-state index in [4.69, 9.17) is 0 Å². The molecule has 5 heteroatoms. The minimum Gasteiger partial charge on any atom is -0.349 e. The first-order valence-electron chi connectivity index (χ1n) is 7.81. The lowest BCUT2D eigenvalue weighted by molar-refractivity contribution is -0.121. The maximum atomic E-state index is 12.4. The third-order valence-corrected chi connectivity index (χ3v) is 3.89. The molecule has 0 aliphatic carbocycles. The second kappa shape index (κ2) is 7.73. The zero-order valence-electron chi connectivity index (χ0n) is 13.5. The summed E-state index contributed by atoms with van der Waals surface area (Å²) in [5.74, 6) is 0.0255. The summed E-state index contributed by atoms with van der Waals surface area (Å²) in [4.78, 5) is 16.5. The summed E-state index contributed by atoms with van der Waals surface area (Å²) in [5.41, 5.74) is 3.89. The maximum absolute atomic E-state index is 12.4. The minimum atomic E-state index is 0.0219. The molecular formula is C17H24N4O. The molecule has 0 saturated heterocycles. The van der Waals surface area contributed by atoms with Crippen LogP contribution in [0.3, 0.4) is 0 Å². The average Bonchev–Trinajstić information content (AvgIpc) is 2.84. The van der Waals surface area contributed by atoms with Crippen LogP contribution in [0.2, 0.25) is 0 Å². The van der Waals surface area contributed by atoms with Gasteiger partial charge >= 0.3 is 0 Å². The Kier molecular flexibility index (Phi) is 5.69. The van der Waals surface area contributed by atoms with E-state index in [-0.39, 0.29) is 11.9 Å². The lowest BCUT2D eigenvalue weighted by Gasteiger charge is -2.19. The third kappa shape index (κ3) is 4.16. The first-order chi connectivity index (χ1) is 10.6. The molecule has 22 heavy (non-hydrogen) atoms. The van der Waals surface area contributed by atoms with Gasteiger partial charge in [0.25, 0.3) is 0 Å². The first kappa shape index (κ1) is 16.2. The number of pyridine rings is 1. The molecule has 0 radical (unpaired) electrons. The number of unbranched alkanes of at least 4 members (excludes halogenated alkanes) is 1. The smallest absolute Gasteiger partial charge is 0.225 e. The largest absolute Gasteiger partial charge is 0.349 e. The highest BCUT2D eigenvalue weighted by Crippen LogP contribution is 2.19. The van der Waals surface area contributed by atoms with Crippen molar-refractivity contribution >= 4 is 5.91 Å². The van der Waals surface area contributed by atoms with Gasteiger partial charge < -0.3 is 5.32 Å². The fourth-order valence-corrected chi connectivity index (χ4v) is 2.55. The predicted molar refractivity (Wildman–Crippen MR) is 86.4 cm³/mol. The fourth-order valence-electron chi connectivity index (χ4n) is 2.55. The molecule has 1 amide bonds. The van der Waals surface area contributed by atoms with Gasteiger partial charge in [-0.15, -0.1) is 0 Å². The molecule has 118 valence electrons. The van der Waals surface area contributed by atoms with Gasteiger partial charge in [0.1, 0.15) is 0 Å². The van der Waals surface area contributed by atoms with Gasteiger partial charge in [-0.2, -0.15) is 5.10 Å². The Labute approximate surface area is 131 Å². The van der Waals surface area contributed by atoms with E-state index in [9.17, 15) is 4.79 Å². The number of hydrogen-bond donors (Lipinski definition) is 2. The van der Waals surface area contributed by atoms with E-state index in [1.165, 1.54) is 0 Å². The number of carbonyl (C=O) groups excluding carboxylic acids is 1. The van der Waals surface area contributed by atoms with E-state index in [0.29, 0.717) is 6.42 Å². The SMILES string of the molecule is CCCCC(NC(=O)Cc1c(C)n[nH]c1C)c1cccnc1.